The summed E-state index contributed by atoms with van der Waals surface area (Å²) in [4.78, 5) is 10.7. The molecule has 0 aliphatic rings. The molecule has 10 heteroatoms. The smallest absolute Gasteiger partial charge is 0.336 e. The predicted octanol–water partition coefficient (Wildman–Crippen LogP) is 1.84. The summed E-state index contributed by atoms with van der Waals surface area (Å²) in [6.45, 7) is 2.18. The fraction of sp³-hybridized carbons (Fsp3) is 0.857. The Kier molecular flexibility index (Phi) is 6.73. The highest BCUT2D eigenvalue weighted by Crippen LogP contribution is 2.43. The Bertz CT molecular complexity index is 256. The molecule has 0 aliphatic carbocycles. The molecule has 1 unspecified atom stereocenters. The highest BCUT2D eigenvalue weighted by molar-refractivity contribution is 8.20. The van der Waals surface area contributed by atoms with Gasteiger partial charge in [-0.3, -0.25) is 8.37 Å². The second kappa shape index (κ2) is 6.75. The molecule has 5 N–H and O–H groups in total. The van der Waals surface area contributed by atoms with Gasteiger partial charge < -0.3 is 23.3 Å². The summed E-state index contributed by atoms with van der Waals surface area (Å²) in [7, 11) is -6.76. The number of carboxylic acid groups (broad SMARTS) is 1. The molecular weight excluding hydrogens is 276 g/mol. The molecule has 0 aromatic rings. The Labute approximate surface area is 103 Å². The third kappa shape index (κ3) is 7.06. The minimum atomic E-state index is -3.45. The van der Waals surface area contributed by atoms with Gasteiger partial charge in [0.05, 0.1) is 21.7 Å². The molecule has 0 aromatic heterocycles. The molecule has 0 aliphatic heterocycles. The highest BCUT2D eigenvalue weighted by atomic mass is 32.3. The monoisotopic (exact) mass is 294 g/mol. The van der Waals surface area contributed by atoms with Crippen molar-refractivity contribution in [3.63, 3.8) is 0 Å². The van der Waals surface area contributed by atoms with Crippen LogP contribution < -0.4 is 0 Å². The van der Waals surface area contributed by atoms with E-state index in [4.69, 9.17) is 14.2 Å². The molecule has 0 saturated heterocycles. The van der Waals surface area contributed by atoms with E-state index >= 15 is 0 Å². The molecule has 106 valence electrons. The lowest BCUT2D eigenvalue weighted by Gasteiger charge is -2.30. The maximum atomic E-state index is 10.7. The van der Waals surface area contributed by atoms with Crippen LogP contribution in [0.15, 0.2) is 0 Å². The molecule has 0 saturated carbocycles. The molecule has 17 heavy (non-hydrogen) atoms. The fourth-order valence-corrected chi connectivity index (χ4v) is 1.80. The molecule has 8 nitrogen and oxygen atoms in total. The maximum absolute atomic E-state index is 10.7. The van der Waals surface area contributed by atoms with E-state index in [1.165, 1.54) is 13.8 Å². The van der Waals surface area contributed by atoms with Gasteiger partial charge in [-0.1, -0.05) is 13.8 Å². The molecule has 0 rings (SSSR count). The topological polar surface area (TPSA) is 137 Å². The molecule has 0 spiro atoms. The first-order valence-electron chi connectivity index (χ1n) is 4.70. The van der Waals surface area contributed by atoms with Gasteiger partial charge in [-0.05, 0) is 0 Å². The van der Waals surface area contributed by atoms with Gasteiger partial charge >= 0.3 is 5.97 Å². The summed E-state index contributed by atoms with van der Waals surface area (Å²) in [6, 6.07) is 0. The lowest BCUT2D eigenvalue weighted by molar-refractivity contribution is -0.146. The van der Waals surface area contributed by atoms with Crippen LogP contribution in [-0.4, -0.2) is 53.5 Å². The Balaban J connectivity index is 4.42. The molecule has 0 bridgehead atoms. The fourth-order valence-electron chi connectivity index (χ4n) is 0.648. The normalized spacial score (nSPS) is 16.6. The van der Waals surface area contributed by atoms with Crippen molar-refractivity contribution < 1.29 is 36.5 Å². The van der Waals surface area contributed by atoms with Crippen molar-refractivity contribution in [2.24, 2.45) is 0 Å². The number of hydrogen-bond donors (Lipinski definition) is 5. The maximum Gasteiger partial charge on any atom is 0.336 e. The zero-order valence-electron chi connectivity index (χ0n) is 9.48. The average molecular weight is 294 g/mol. The average Bonchev–Trinajstić information content (AvgIpc) is 2.24. The Morgan fingerprint density at radius 2 is 1.59 bits per heavy atom. The largest absolute Gasteiger partial charge is 0.479 e. The Morgan fingerprint density at radius 1 is 1.12 bits per heavy atom. The van der Waals surface area contributed by atoms with E-state index < -0.39 is 40.4 Å². The van der Waals surface area contributed by atoms with E-state index in [-0.39, 0.29) is 11.5 Å². The molecular formula is C7H18O8S2. The molecule has 0 heterocycles. The number of carbonyl (C=O) groups is 1. The number of carboxylic acids is 1. The summed E-state index contributed by atoms with van der Waals surface area (Å²) in [5, 5.41) is 8.73. The van der Waals surface area contributed by atoms with E-state index in [0.29, 0.717) is 0 Å². The lowest BCUT2D eigenvalue weighted by Crippen LogP contribution is -2.31. The van der Waals surface area contributed by atoms with Gasteiger partial charge in [-0.2, -0.15) is 0 Å². The van der Waals surface area contributed by atoms with Crippen LogP contribution in [-0.2, 0) is 13.2 Å². The standard InChI is InChI=1S/C7H18O8S2/c1-3-16(10,11)14-5-6(7(8)9)15-17(12,13)4-2/h6,10-13H,3-5H2,1-2H3,(H,8,9). The molecule has 0 fully saturated rings. The van der Waals surface area contributed by atoms with Crippen LogP contribution in [0.1, 0.15) is 13.8 Å². The summed E-state index contributed by atoms with van der Waals surface area (Å²) in [6.07, 6.45) is -1.67. The number of aliphatic carboxylic acids is 1. The van der Waals surface area contributed by atoms with Gasteiger partial charge in [0.2, 0.25) is 0 Å². The molecule has 1 atom stereocenters. The van der Waals surface area contributed by atoms with Gasteiger partial charge in [0.25, 0.3) is 0 Å². The van der Waals surface area contributed by atoms with E-state index in [0.717, 1.165) is 0 Å². The number of hydrogen-bond acceptors (Lipinski definition) is 7. The van der Waals surface area contributed by atoms with Crippen LogP contribution in [0.4, 0.5) is 0 Å². The van der Waals surface area contributed by atoms with Crippen molar-refractivity contribution in [2.75, 3.05) is 18.1 Å². The van der Waals surface area contributed by atoms with E-state index in [9.17, 15) is 13.9 Å². The van der Waals surface area contributed by atoms with Gasteiger partial charge in [-0.25, -0.2) is 4.79 Å². The summed E-state index contributed by atoms with van der Waals surface area (Å²) < 4.78 is 45.9. The van der Waals surface area contributed by atoms with E-state index in [1.807, 2.05) is 0 Å². The summed E-state index contributed by atoms with van der Waals surface area (Å²) in [5.41, 5.74) is 0. The second-order valence-electron chi connectivity index (χ2n) is 3.00. The van der Waals surface area contributed by atoms with E-state index in [1.54, 1.807) is 0 Å². The van der Waals surface area contributed by atoms with Gasteiger partial charge in [0, 0.05) is 11.5 Å². The van der Waals surface area contributed by atoms with Crippen molar-refractivity contribution in [3.8, 4) is 0 Å². The SMILES string of the molecule is CCS(O)(O)OCC(OS(O)(O)CC)C(=O)O. The van der Waals surface area contributed by atoms with Crippen molar-refractivity contribution in [1.29, 1.82) is 0 Å². The Morgan fingerprint density at radius 3 is 1.94 bits per heavy atom. The lowest BCUT2D eigenvalue weighted by atomic mass is 10.4. The summed E-state index contributed by atoms with van der Waals surface area (Å²) in [5.74, 6) is -1.74. The third-order valence-electron chi connectivity index (χ3n) is 1.71. The van der Waals surface area contributed by atoms with Crippen LogP contribution in [0, 0.1) is 0 Å². The van der Waals surface area contributed by atoms with E-state index in [2.05, 4.69) is 8.37 Å². The predicted molar refractivity (Wildman–Crippen MR) is 65.2 cm³/mol. The van der Waals surface area contributed by atoms with Crippen LogP contribution in [0.2, 0.25) is 0 Å². The van der Waals surface area contributed by atoms with Crippen molar-refractivity contribution >= 4 is 27.7 Å². The quantitative estimate of drug-likeness (QED) is 0.457. The first-order chi connectivity index (χ1) is 7.63. The molecule has 0 amide bonds. The van der Waals surface area contributed by atoms with Crippen molar-refractivity contribution in [3.05, 3.63) is 0 Å². The summed E-state index contributed by atoms with van der Waals surface area (Å²) >= 11 is 0. The second-order valence-corrected chi connectivity index (χ2v) is 7.01. The van der Waals surface area contributed by atoms with Crippen LogP contribution in [0.5, 0.6) is 0 Å². The van der Waals surface area contributed by atoms with Gasteiger partial charge in [0.15, 0.2) is 6.10 Å². The Hall–Kier alpha value is -0.0700. The zero-order chi connectivity index (χ0) is 13.7. The van der Waals surface area contributed by atoms with Crippen LogP contribution >= 0.6 is 21.7 Å². The van der Waals surface area contributed by atoms with Crippen molar-refractivity contribution in [2.45, 2.75) is 20.0 Å². The minimum Gasteiger partial charge on any atom is -0.479 e. The van der Waals surface area contributed by atoms with Crippen molar-refractivity contribution in [1.82, 2.24) is 0 Å². The first kappa shape index (κ1) is 16.9. The first-order valence-corrected chi connectivity index (χ1v) is 7.99. The van der Waals surface area contributed by atoms with Crippen LogP contribution in [0.25, 0.3) is 0 Å². The number of rotatable bonds is 8. The highest BCUT2D eigenvalue weighted by Gasteiger charge is 2.30. The molecule has 0 radical (unpaired) electrons. The van der Waals surface area contributed by atoms with Gasteiger partial charge in [0.1, 0.15) is 6.61 Å². The third-order valence-corrected chi connectivity index (χ3v) is 4.26. The zero-order valence-corrected chi connectivity index (χ0v) is 11.1. The minimum absolute atomic E-state index is 0.0939. The van der Waals surface area contributed by atoms with Gasteiger partial charge in [-0.15, -0.1) is 0 Å². The molecule has 0 aromatic carbocycles. The van der Waals surface area contributed by atoms with Crippen LogP contribution in [0.3, 0.4) is 0 Å².